The third-order valence-electron chi connectivity index (χ3n) is 4.18. The maximum atomic E-state index is 11.8. The number of anilines is 1. The fourth-order valence-electron chi connectivity index (χ4n) is 3.11. The lowest BCUT2D eigenvalue weighted by atomic mass is 9.96. The van der Waals surface area contributed by atoms with Gasteiger partial charge in [-0.05, 0) is 31.4 Å². The van der Waals surface area contributed by atoms with Crippen LogP contribution in [0.15, 0.2) is 30.5 Å². The summed E-state index contributed by atoms with van der Waals surface area (Å²) in [5, 5.41) is 0.978. The number of amides is 1. The maximum absolute atomic E-state index is 11.8. The summed E-state index contributed by atoms with van der Waals surface area (Å²) in [5.41, 5.74) is 13.7. The van der Waals surface area contributed by atoms with E-state index in [0.717, 1.165) is 42.5 Å². The standard InChI is InChI=1S/C16H20N4O/c17-8-11-4-3-7-20(10-11)15-12-5-1-2-6-14(12)19-9-13(15)16(18)21/h1-2,5-6,9,11H,3-4,7-8,10,17H2,(H2,18,21). The number of hydrogen-bond acceptors (Lipinski definition) is 4. The van der Waals surface area contributed by atoms with Crippen LogP contribution in [0.4, 0.5) is 5.69 Å². The molecule has 1 saturated heterocycles. The average molecular weight is 284 g/mol. The summed E-state index contributed by atoms with van der Waals surface area (Å²) in [6, 6.07) is 7.86. The van der Waals surface area contributed by atoms with Crippen molar-refractivity contribution in [2.75, 3.05) is 24.5 Å². The Morgan fingerprint density at radius 3 is 2.95 bits per heavy atom. The van der Waals surface area contributed by atoms with Crippen LogP contribution in [0, 0.1) is 5.92 Å². The lowest BCUT2D eigenvalue weighted by Crippen LogP contribution is -2.39. The highest BCUT2D eigenvalue weighted by Crippen LogP contribution is 2.32. The highest BCUT2D eigenvalue weighted by molar-refractivity contribution is 6.06. The van der Waals surface area contributed by atoms with E-state index >= 15 is 0 Å². The highest BCUT2D eigenvalue weighted by atomic mass is 16.1. The van der Waals surface area contributed by atoms with Gasteiger partial charge in [0.1, 0.15) is 0 Å². The number of piperidine rings is 1. The minimum atomic E-state index is -0.432. The van der Waals surface area contributed by atoms with Crippen LogP contribution in [0.2, 0.25) is 0 Å². The number of aromatic nitrogens is 1. The number of carbonyl (C=O) groups is 1. The Bertz CT molecular complexity index is 670. The van der Waals surface area contributed by atoms with E-state index < -0.39 is 5.91 Å². The van der Waals surface area contributed by atoms with Gasteiger partial charge in [0.05, 0.1) is 16.8 Å². The summed E-state index contributed by atoms with van der Waals surface area (Å²) >= 11 is 0. The summed E-state index contributed by atoms with van der Waals surface area (Å²) < 4.78 is 0. The van der Waals surface area contributed by atoms with Gasteiger partial charge in [-0.2, -0.15) is 0 Å². The Morgan fingerprint density at radius 2 is 2.19 bits per heavy atom. The number of primary amides is 1. The zero-order chi connectivity index (χ0) is 14.8. The summed E-state index contributed by atoms with van der Waals surface area (Å²) in [7, 11) is 0. The normalized spacial score (nSPS) is 18.9. The molecule has 2 aromatic rings. The number of nitrogens with zero attached hydrogens (tertiary/aromatic N) is 2. The number of hydrogen-bond donors (Lipinski definition) is 2. The molecule has 1 atom stereocenters. The summed E-state index contributed by atoms with van der Waals surface area (Å²) in [6.45, 7) is 2.46. The Kier molecular flexibility index (Phi) is 3.75. The number of benzene rings is 1. The van der Waals surface area contributed by atoms with Gasteiger partial charge in [-0.1, -0.05) is 18.2 Å². The van der Waals surface area contributed by atoms with Gasteiger partial charge in [0.2, 0.25) is 0 Å². The third-order valence-corrected chi connectivity index (χ3v) is 4.18. The predicted octanol–water partition coefficient (Wildman–Crippen LogP) is 1.51. The van der Waals surface area contributed by atoms with Gasteiger partial charge in [0, 0.05) is 24.7 Å². The van der Waals surface area contributed by atoms with E-state index in [9.17, 15) is 4.79 Å². The summed E-state index contributed by atoms with van der Waals surface area (Å²) in [5.74, 6) is 0.0320. The molecular formula is C16H20N4O. The molecule has 5 nitrogen and oxygen atoms in total. The zero-order valence-electron chi connectivity index (χ0n) is 12.0. The van der Waals surface area contributed by atoms with Crippen LogP contribution in [-0.2, 0) is 0 Å². The molecule has 0 aliphatic carbocycles. The molecular weight excluding hydrogens is 264 g/mol. The first-order chi connectivity index (χ1) is 10.2. The fourth-order valence-corrected chi connectivity index (χ4v) is 3.11. The maximum Gasteiger partial charge on any atom is 0.252 e. The van der Waals surface area contributed by atoms with Gasteiger partial charge >= 0.3 is 0 Å². The van der Waals surface area contributed by atoms with Gasteiger partial charge in [0.25, 0.3) is 5.91 Å². The van der Waals surface area contributed by atoms with Crippen LogP contribution in [0.25, 0.3) is 10.9 Å². The molecule has 3 rings (SSSR count). The molecule has 1 aromatic carbocycles. The van der Waals surface area contributed by atoms with Crippen LogP contribution < -0.4 is 16.4 Å². The molecule has 1 aliphatic rings. The van der Waals surface area contributed by atoms with Crippen molar-refractivity contribution in [1.82, 2.24) is 4.98 Å². The molecule has 0 bridgehead atoms. The molecule has 0 radical (unpaired) electrons. The second-order valence-electron chi connectivity index (χ2n) is 5.59. The number of carbonyl (C=O) groups excluding carboxylic acids is 1. The van der Waals surface area contributed by atoms with Crippen LogP contribution in [-0.4, -0.2) is 30.5 Å². The largest absolute Gasteiger partial charge is 0.370 e. The zero-order valence-corrected chi connectivity index (χ0v) is 12.0. The van der Waals surface area contributed by atoms with Crippen molar-refractivity contribution in [3.63, 3.8) is 0 Å². The second-order valence-corrected chi connectivity index (χ2v) is 5.59. The minimum Gasteiger partial charge on any atom is -0.370 e. The minimum absolute atomic E-state index is 0.432. The molecule has 5 heteroatoms. The fraction of sp³-hybridized carbons (Fsp3) is 0.375. The number of para-hydroxylation sites is 1. The van der Waals surface area contributed by atoms with Gasteiger partial charge in [-0.3, -0.25) is 9.78 Å². The van der Waals surface area contributed by atoms with Crippen molar-refractivity contribution < 1.29 is 4.79 Å². The molecule has 21 heavy (non-hydrogen) atoms. The predicted molar refractivity (Wildman–Crippen MR) is 84.3 cm³/mol. The number of nitrogens with two attached hydrogens (primary N) is 2. The molecule has 110 valence electrons. The number of pyridine rings is 1. The monoisotopic (exact) mass is 284 g/mol. The summed E-state index contributed by atoms with van der Waals surface area (Å²) in [4.78, 5) is 18.4. The van der Waals surface area contributed by atoms with E-state index in [1.807, 2.05) is 24.3 Å². The lowest BCUT2D eigenvalue weighted by molar-refractivity contribution is 0.100. The van der Waals surface area contributed by atoms with Gasteiger partial charge in [-0.25, -0.2) is 0 Å². The van der Waals surface area contributed by atoms with Gasteiger partial charge in [0.15, 0.2) is 0 Å². The van der Waals surface area contributed by atoms with Crippen LogP contribution in [0.3, 0.4) is 0 Å². The van der Waals surface area contributed by atoms with Crippen molar-refractivity contribution in [2.24, 2.45) is 17.4 Å². The smallest absolute Gasteiger partial charge is 0.252 e. The van der Waals surface area contributed by atoms with E-state index in [4.69, 9.17) is 11.5 Å². The van der Waals surface area contributed by atoms with Crippen molar-refractivity contribution in [2.45, 2.75) is 12.8 Å². The molecule has 4 N–H and O–H groups in total. The first kappa shape index (κ1) is 13.8. The van der Waals surface area contributed by atoms with Gasteiger partial charge < -0.3 is 16.4 Å². The van der Waals surface area contributed by atoms with Crippen molar-refractivity contribution in [3.05, 3.63) is 36.0 Å². The summed E-state index contributed by atoms with van der Waals surface area (Å²) in [6.07, 6.45) is 3.81. The van der Waals surface area contributed by atoms with E-state index in [1.165, 1.54) is 0 Å². The van der Waals surface area contributed by atoms with E-state index in [2.05, 4.69) is 9.88 Å². The Labute approximate surface area is 123 Å². The molecule has 1 fully saturated rings. The molecule has 1 aliphatic heterocycles. The van der Waals surface area contributed by atoms with Crippen LogP contribution in [0.5, 0.6) is 0 Å². The Morgan fingerprint density at radius 1 is 1.38 bits per heavy atom. The molecule has 2 heterocycles. The molecule has 0 saturated carbocycles. The Balaban J connectivity index is 2.14. The molecule has 1 unspecified atom stereocenters. The Hall–Kier alpha value is -2.14. The van der Waals surface area contributed by atoms with Crippen molar-refractivity contribution in [3.8, 4) is 0 Å². The molecule has 1 aromatic heterocycles. The van der Waals surface area contributed by atoms with Crippen LogP contribution in [0.1, 0.15) is 23.2 Å². The van der Waals surface area contributed by atoms with E-state index in [0.29, 0.717) is 18.0 Å². The third kappa shape index (κ3) is 2.56. The first-order valence-corrected chi connectivity index (χ1v) is 7.33. The first-order valence-electron chi connectivity index (χ1n) is 7.33. The van der Waals surface area contributed by atoms with E-state index in [-0.39, 0.29) is 0 Å². The van der Waals surface area contributed by atoms with Crippen molar-refractivity contribution in [1.29, 1.82) is 0 Å². The van der Waals surface area contributed by atoms with E-state index in [1.54, 1.807) is 6.20 Å². The highest BCUT2D eigenvalue weighted by Gasteiger charge is 2.24. The lowest BCUT2D eigenvalue weighted by Gasteiger charge is -2.35. The molecule has 0 spiro atoms. The average Bonchev–Trinajstić information content (AvgIpc) is 2.53. The quantitative estimate of drug-likeness (QED) is 0.894. The topological polar surface area (TPSA) is 85.2 Å². The SMILES string of the molecule is NCC1CCCN(c2c(C(N)=O)cnc3ccccc23)C1. The number of fused-ring (bicyclic) bond motifs is 1. The second kappa shape index (κ2) is 5.69. The molecule has 1 amide bonds. The van der Waals surface area contributed by atoms with Gasteiger partial charge in [-0.15, -0.1) is 0 Å². The number of rotatable bonds is 3. The van der Waals surface area contributed by atoms with Crippen molar-refractivity contribution >= 4 is 22.5 Å². The van der Waals surface area contributed by atoms with Crippen LogP contribution >= 0.6 is 0 Å².